The lowest BCUT2D eigenvalue weighted by atomic mass is 10.2. The predicted octanol–water partition coefficient (Wildman–Crippen LogP) is -1.15. The van der Waals surface area contributed by atoms with Gasteiger partial charge < -0.3 is 20.4 Å². The summed E-state index contributed by atoms with van der Waals surface area (Å²) in [7, 11) is 0. The quantitative estimate of drug-likeness (QED) is 0.470. The minimum Gasteiger partial charge on any atom is -0.349 e. The summed E-state index contributed by atoms with van der Waals surface area (Å²) in [4.78, 5) is 26.7. The topological polar surface area (TPSA) is 67.1 Å². The van der Waals surface area contributed by atoms with Crippen molar-refractivity contribution in [3.8, 4) is 0 Å². The van der Waals surface area contributed by atoms with Crippen LogP contribution in [0.5, 0.6) is 0 Å². The summed E-state index contributed by atoms with van der Waals surface area (Å²) in [5.41, 5.74) is 0.609. The van der Waals surface area contributed by atoms with Gasteiger partial charge in [0.1, 0.15) is 32.0 Å². The summed E-state index contributed by atoms with van der Waals surface area (Å²) < 4.78 is 12.9. The molecule has 2 rings (SSSR count). The molecule has 4 N–H and O–H groups in total. The van der Waals surface area contributed by atoms with E-state index in [1.165, 1.54) is 21.9 Å². The number of nitrogens with one attached hydrogen (secondary N) is 4. The van der Waals surface area contributed by atoms with Crippen molar-refractivity contribution in [1.29, 1.82) is 0 Å². The first-order valence-corrected chi connectivity index (χ1v) is 9.48. The maximum atomic E-state index is 12.9. The largest absolute Gasteiger partial charge is 0.349 e. The van der Waals surface area contributed by atoms with Gasteiger partial charge in [-0.1, -0.05) is 13.3 Å². The van der Waals surface area contributed by atoms with Crippen LogP contribution in [-0.2, 0) is 9.59 Å². The van der Waals surface area contributed by atoms with Crippen LogP contribution in [-0.4, -0.2) is 57.1 Å². The number of hydrogen-bond donors (Lipinski definition) is 4. The summed E-state index contributed by atoms with van der Waals surface area (Å²) in [5.74, 6) is -0.277. The third-order valence-corrected chi connectivity index (χ3v) is 4.74. The van der Waals surface area contributed by atoms with Gasteiger partial charge >= 0.3 is 0 Å². The van der Waals surface area contributed by atoms with E-state index in [9.17, 15) is 14.0 Å². The van der Waals surface area contributed by atoms with Gasteiger partial charge in [-0.25, -0.2) is 4.39 Å². The molecule has 1 aromatic carbocycles. The summed E-state index contributed by atoms with van der Waals surface area (Å²) in [6.45, 7) is 8.55. The Kier molecular flexibility index (Phi) is 8.00. The normalized spacial score (nSPS) is 21.0. The van der Waals surface area contributed by atoms with Crippen LogP contribution < -0.4 is 20.4 Å². The summed E-state index contributed by atoms with van der Waals surface area (Å²) in [6.07, 6.45) is 2.07. The summed E-state index contributed by atoms with van der Waals surface area (Å²) >= 11 is 0. The fourth-order valence-corrected chi connectivity index (χ4v) is 3.33. The molecule has 0 saturated carbocycles. The Morgan fingerprint density at radius 3 is 2.12 bits per heavy atom. The Hall–Kier alpha value is -1.99. The van der Waals surface area contributed by atoms with Crippen LogP contribution in [0.1, 0.15) is 26.7 Å². The van der Waals surface area contributed by atoms with Gasteiger partial charge in [0.25, 0.3) is 11.8 Å². The molecule has 1 atom stereocenters. The number of rotatable bonds is 8. The molecule has 26 heavy (non-hydrogen) atoms. The van der Waals surface area contributed by atoms with E-state index < -0.39 is 0 Å². The molecule has 0 radical (unpaired) electrons. The van der Waals surface area contributed by atoms with Crippen LogP contribution in [0.2, 0.25) is 0 Å². The van der Waals surface area contributed by atoms with Gasteiger partial charge in [-0.15, -0.1) is 0 Å². The van der Waals surface area contributed by atoms with Gasteiger partial charge in [0, 0.05) is 11.7 Å². The molecule has 1 aliphatic rings. The van der Waals surface area contributed by atoms with Crippen LogP contribution in [0, 0.1) is 5.82 Å². The van der Waals surface area contributed by atoms with Crippen LogP contribution in [0.15, 0.2) is 24.3 Å². The van der Waals surface area contributed by atoms with Crippen molar-refractivity contribution in [2.75, 3.05) is 44.6 Å². The molecule has 0 aliphatic carbocycles. The summed E-state index contributed by atoms with van der Waals surface area (Å²) in [5, 5.41) is 5.84. The van der Waals surface area contributed by atoms with Crippen LogP contribution in [0.4, 0.5) is 10.1 Å². The molecule has 1 fully saturated rings. The van der Waals surface area contributed by atoms with Gasteiger partial charge in [-0.05, 0) is 37.6 Å². The first kappa shape index (κ1) is 20.3. The second-order valence-corrected chi connectivity index (χ2v) is 7.17. The van der Waals surface area contributed by atoms with Crippen molar-refractivity contribution >= 4 is 17.5 Å². The molecule has 0 spiro atoms. The number of benzene rings is 1. The van der Waals surface area contributed by atoms with E-state index in [4.69, 9.17) is 0 Å². The number of carbonyl (C=O) groups excluding carboxylic acids is 2. The Morgan fingerprint density at radius 2 is 1.58 bits per heavy atom. The Morgan fingerprint density at radius 1 is 1.04 bits per heavy atom. The maximum Gasteiger partial charge on any atom is 0.279 e. The van der Waals surface area contributed by atoms with E-state index in [1.807, 2.05) is 6.92 Å². The minimum absolute atomic E-state index is 0.0683. The highest BCUT2D eigenvalue weighted by molar-refractivity contribution is 5.91. The Labute approximate surface area is 154 Å². The lowest BCUT2D eigenvalue weighted by Crippen LogP contribution is -3.28. The number of piperazine rings is 1. The molecule has 1 aliphatic heterocycles. The van der Waals surface area contributed by atoms with E-state index in [2.05, 4.69) is 17.6 Å². The fraction of sp³-hybridized carbons (Fsp3) is 0.579. The molecular weight excluding hydrogens is 335 g/mol. The second kappa shape index (κ2) is 10.2. The Bertz CT molecular complexity index is 586. The van der Waals surface area contributed by atoms with Crippen molar-refractivity contribution in [3.63, 3.8) is 0 Å². The van der Waals surface area contributed by atoms with Crippen molar-refractivity contribution in [1.82, 2.24) is 5.32 Å². The van der Waals surface area contributed by atoms with Crippen molar-refractivity contribution in [2.24, 2.45) is 0 Å². The van der Waals surface area contributed by atoms with E-state index in [0.29, 0.717) is 18.8 Å². The molecule has 0 aromatic heterocycles. The van der Waals surface area contributed by atoms with Gasteiger partial charge in [0.2, 0.25) is 0 Å². The van der Waals surface area contributed by atoms with E-state index in [1.54, 1.807) is 12.1 Å². The predicted molar refractivity (Wildman–Crippen MR) is 98.7 cm³/mol. The summed E-state index contributed by atoms with van der Waals surface area (Å²) in [6, 6.07) is 6.01. The van der Waals surface area contributed by atoms with Gasteiger partial charge in [-0.2, -0.15) is 0 Å². The number of hydrogen-bond acceptors (Lipinski definition) is 2. The molecule has 1 aromatic rings. The van der Waals surface area contributed by atoms with E-state index in [-0.39, 0.29) is 23.7 Å². The van der Waals surface area contributed by atoms with Crippen LogP contribution in [0.25, 0.3) is 0 Å². The monoisotopic (exact) mass is 366 g/mol. The molecule has 6 nitrogen and oxygen atoms in total. The highest BCUT2D eigenvalue weighted by atomic mass is 19.1. The highest BCUT2D eigenvalue weighted by Crippen LogP contribution is 2.07. The minimum atomic E-state index is -0.319. The van der Waals surface area contributed by atoms with Crippen LogP contribution >= 0.6 is 0 Å². The zero-order valence-electron chi connectivity index (χ0n) is 15.7. The molecule has 7 heteroatoms. The SMILES string of the molecule is CCC[C@H](C)NC(=O)C[NH+]1CC[NH+](CC(=O)Nc2ccc(F)cc2)CC1. The van der Waals surface area contributed by atoms with Crippen molar-refractivity contribution in [3.05, 3.63) is 30.1 Å². The number of amides is 2. The van der Waals surface area contributed by atoms with Crippen LogP contribution in [0.3, 0.4) is 0 Å². The molecule has 1 saturated heterocycles. The average Bonchev–Trinajstić information content (AvgIpc) is 2.59. The zero-order valence-corrected chi connectivity index (χ0v) is 15.7. The average molecular weight is 366 g/mol. The van der Waals surface area contributed by atoms with E-state index in [0.717, 1.165) is 39.0 Å². The molecule has 1 heterocycles. The van der Waals surface area contributed by atoms with Crippen molar-refractivity contribution < 1.29 is 23.8 Å². The fourth-order valence-electron chi connectivity index (χ4n) is 3.33. The van der Waals surface area contributed by atoms with Gasteiger partial charge in [0.05, 0.1) is 0 Å². The molecular formula is C19H31FN4O2+2. The number of carbonyl (C=O) groups is 2. The molecule has 0 bridgehead atoms. The third kappa shape index (κ3) is 7.09. The standard InChI is InChI=1S/C19H29FN4O2/c1-3-4-15(2)21-18(25)13-23-9-11-24(12-10-23)14-19(26)22-17-7-5-16(20)6-8-17/h5-8,15H,3-4,9-14H2,1-2H3,(H,21,25)(H,22,26)/p+2/t15-/m0/s1. The Balaban J connectivity index is 1.67. The van der Waals surface area contributed by atoms with E-state index >= 15 is 0 Å². The zero-order chi connectivity index (χ0) is 18.9. The smallest absolute Gasteiger partial charge is 0.279 e. The number of anilines is 1. The first-order chi connectivity index (χ1) is 12.5. The lowest BCUT2D eigenvalue weighted by Gasteiger charge is -2.29. The first-order valence-electron chi connectivity index (χ1n) is 9.48. The third-order valence-electron chi connectivity index (χ3n) is 4.74. The molecule has 144 valence electrons. The second-order valence-electron chi connectivity index (χ2n) is 7.17. The number of halogens is 1. The lowest BCUT2D eigenvalue weighted by molar-refractivity contribution is -1.00. The highest BCUT2D eigenvalue weighted by Gasteiger charge is 2.26. The number of quaternary nitrogens is 2. The van der Waals surface area contributed by atoms with Gasteiger partial charge in [-0.3, -0.25) is 9.59 Å². The maximum absolute atomic E-state index is 12.9. The van der Waals surface area contributed by atoms with Gasteiger partial charge in [0.15, 0.2) is 13.1 Å². The van der Waals surface area contributed by atoms with Crippen molar-refractivity contribution in [2.45, 2.75) is 32.7 Å². The molecule has 0 unspecified atom stereocenters. The molecule has 2 amide bonds.